The average Bonchev–Trinajstić information content (AvgIpc) is 3.27. The number of likely N-dealkylation sites (tertiary alicyclic amines) is 1. The van der Waals surface area contributed by atoms with Gasteiger partial charge in [-0.3, -0.25) is 9.69 Å². The molecule has 1 aromatic heterocycles. The van der Waals surface area contributed by atoms with Crippen molar-refractivity contribution < 1.29 is 9.90 Å². The van der Waals surface area contributed by atoms with E-state index in [-0.39, 0.29) is 18.6 Å². The van der Waals surface area contributed by atoms with Crippen LogP contribution in [0.4, 0.5) is 5.82 Å². The molecule has 1 aliphatic carbocycles. The molecular formula is C17H28N4O2. The zero-order valence-corrected chi connectivity index (χ0v) is 14.1. The Morgan fingerprint density at radius 2 is 2.26 bits per heavy atom. The van der Waals surface area contributed by atoms with Gasteiger partial charge in [0.1, 0.15) is 5.82 Å². The van der Waals surface area contributed by atoms with Gasteiger partial charge in [0.2, 0.25) is 5.91 Å². The van der Waals surface area contributed by atoms with E-state index >= 15 is 0 Å². The summed E-state index contributed by atoms with van der Waals surface area (Å²) in [6.45, 7) is 5.64. The number of piperidine rings is 1. The van der Waals surface area contributed by atoms with E-state index in [9.17, 15) is 9.90 Å². The maximum absolute atomic E-state index is 12.4. The topological polar surface area (TPSA) is 70.4 Å². The van der Waals surface area contributed by atoms with E-state index in [1.54, 1.807) is 6.20 Å². The Balaban J connectivity index is 1.60. The molecule has 0 bridgehead atoms. The summed E-state index contributed by atoms with van der Waals surface area (Å²) in [5, 5.41) is 17.0. The molecule has 128 valence electrons. The van der Waals surface area contributed by atoms with Crippen LogP contribution in [0.2, 0.25) is 0 Å². The van der Waals surface area contributed by atoms with E-state index in [1.807, 2.05) is 10.7 Å². The predicted molar refractivity (Wildman–Crippen MR) is 89.1 cm³/mol. The Labute approximate surface area is 137 Å². The quantitative estimate of drug-likeness (QED) is 0.840. The Morgan fingerprint density at radius 1 is 1.48 bits per heavy atom. The lowest BCUT2D eigenvalue weighted by molar-refractivity contribution is -0.119. The van der Waals surface area contributed by atoms with Crippen molar-refractivity contribution in [2.24, 2.45) is 11.8 Å². The van der Waals surface area contributed by atoms with Crippen LogP contribution in [0.1, 0.15) is 45.6 Å². The summed E-state index contributed by atoms with van der Waals surface area (Å²) >= 11 is 0. The normalized spacial score (nSPS) is 26.9. The molecule has 1 saturated carbocycles. The van der Waals surface area contributed by atoms with Crippen LogP contribution in [-0.4, -0.2) is 51.4 Å². The zero-order valence-electron chi connectivity index (χ0n) is 14.1. The molecule has 1 aromatic rings. The lowest BCUT2D eigenvalue weighted by atomic mass is 9.91. The molecule has 3 unspecified atom stereocenters. The second-order valence-corrected chi connectivity index (χ2v) is 7.13. The lowest BCUT2D eigenvalue weighted by Gasteiger charge is -2.38. The monoisotopic (exact) mass is 320 g/mol. The van der Waals surface area contributed by atoms with Crippen molar-refractivity contribution in [1.29, 1.82) is 0 Å². The molecule has 0 radical (unpaired) electrons. The third-order valence-corrected chi connectivity index (χ3v) is 5.39. The first-order valence-corrected chi connectivity index (χ1v) is 8.78. The molecule has 23 heavy (non-hydrogen) atoms. The van der Waals surface area contributed by atoms with Gasteiger partial charge < -0.3 is 10.4 Å². The minimum absolute atomic E-state index is 0.0257. The van der Waals surface area contributed by atoms with Gasteiger partial charge in [0.15, 0.2) is 0 Å². The number of nitrogens with zero attached hydrogens (tertiary/aromatic N) is 3. The molecular weight excluding hydrogens is 292 g/mol. The van der Waals surface area contributed by atoms with Crippen molar-refractivity contribution >= 4 is 11.7 Å². The molecule has 6 heteroatoms. The first-order valence-electron chi connectivity index (χ1n) is 8.78. The minimum atomic E-state index is -0.0257. The molecule has 2 aliphatic rings. The summed E-state index contributed by atoms with van der Waals surface area (Å²) in [6.07, 6.45) is 6.45. The van der Waals surface area contributed by atoms with Crippen LogP contribution in [0.5, 0.6) is 0 Å². The fourth-order valence-corrected chi connectivity index (χ4v) is 3.71. The number of aromatic nitrogens is 2. The first-order chi connectivity index (χ1) is 11.1. The van der Waals surface area contributed by atoms with Gasteiger partial charge >= 0.3 is 0 Å². The maximum atomic E-state index is 12.4. The Hall–Kier alpha value is -1.40. The SMILES string of the molecule is CC1CCCN(CC(=O)Nc2ccnn2C(C)C2CC2)C1CO. The van der Waals surface area contributed by atoms with Gasteiger partial charge in [-0.05, 0) is 51.0 Å². The maximum Gasteiger partial charge on any atom is 0.239 e. The molecule has 2 N–H and O–H groups in total. The van der Waals surface area contributed by atoms with E-state index in [0.29, 0.717) is 24.4 Å². The van der Waals surface area contributed by atoms with E-state index in [4.69, 9.17) is 0 Å². The third-order valence-electron chi connectivity index (χ3n) is 5.39. The van der Waals surface area contributed by atoms with Crippen LogP contribution in [0.15, 0.2) is 12.3 Å². The zero-order chi connectivity index (χ0) is 16.4. The number of hydrogen-bond acceptors (Lipinski definition) is 4. The standard InChI is InChI=1S/C17H28N4O2/c1-12-4-3-9-20(15(12)11-22)10-17(23)19-16-7-8-18-21(16)13(2)14-5-6-14/h7-8,12-15,22H,3-6,9-11H2,1-2H3,(H,19,23). The van der Waals surface area contributed by atoms with Crippen LogP contribution < -0.4 is 5.32 Å². The summed E-state index contributed by atoms with van der Waals surface area (Å²) in [5.74, 6) is 1.87. The number of amides is 1. The number of aliphatic hydroxyl groups is 1. The predicted octanol–water partition coefficient (Wildman–Crippen LogP) is 1.89. The van der Waals surface area contributed by atoms with Gasteiger partial charge in [0.25, 0.3) is 0 Å². The summed E-state index contributed by atoms with van der Waals surface area (Å²) in [5.41, 5.74) is 0. The average molecular weight is 320 g/mol. The summed E-state index contributed by atoms with van der Waals surface area (Å²) in [4.78, 5) is 14.5. The molecule has 3 atom stereocenters. The molecule has 1 aliphatic heterocycles. The van der Waals surface area contributed by atoms with Crippen LogP contribution in [-0.2, 0) is 4.79 Å². The molecule has 1 amide bonds. The number of hydrogen-bond donors (Lipinski definition) is 2. The highest BCUT2D eigenvalue weighted by molar-refractivity contribution is 5.91. The lowest BCUT2D eigenvalue weighted by Crippen LogP contribution is -2.49. The largest absolute Gasteiger partial charge is 0.395 e. The highest BCUT2D eigenvalue weighted by Crippen LogP contribution is 2.40. The van der Waals surface area contributed by atoms with Gasteiger partial charge in [-0.1, -0.05) is 6.92 Å². The Kier molecular flexibility index (Phi) is 5.02. The van der Waals surface area contributed by atoms with Crippen molar-refractivity contribution in [3.63, 3.8) is 0 Å². The van der Waals surface area contributed by atoms with Crippen molar-refractivity contribution in [3.8, 4) is 0 Å². The Morgan fingerprint density at radius 3 is 2.96 bits per heavy atom. The van der Waals surface area contributed by atoms with Crippen LogP contribution in [0, 0.1) is 11.8 Å². The number of aliphatic hydroxyl groups excluding tert-OH is 1. The molecule has 6 nitrogen and oxygen atoms in total. The Bertz CT molecular complexity index is 540. The third kappa shape index (κ3) is 3.75. The number of carbonyl (C=O) groups is 1. The molecule has 0 aromatic carbocycles. The molecule has 2 fully saturated rings. The highest BCUT2D eigenvalue weighted by atomic mass is 16.3. The van der Waals surface area contributed by atoms with Gasteiger partial charge in [0, 0.05) is 12.1 Å². The van der Waals surface area contributed by atoms with Gasteiger partial charge in [-0.15, -0.1) is 0 Å². The molecule has 3 rings (SSSR count). The minimum Gasteiger partial charge on any atom is -0.395 e. The molecule has 0 spiro atoms. The second-order valence-electron chi connectivity index (χ2n) is 7.13. The highest BCUT2D eigenvalue weighted by Gasteiger charge is 2.32. The smallest absolute Gasteiger partial charge is 0.239 e. The number of rotatable bonds is 6. The molecule has 1 saturated heterocycles. The van der Waals surface area contributed by atoms with Crippen molar-refractivity contribution in [3.05, 3.63) is 12.3 Å². The summed E-state index contributed by atoms with van der Waals surface area (Å²) in [6, 6.07) is 2.28. The summed E-state index contributed by atoms with van der Waals surface area (Å²) < 4.78 is 1.93. The van der Waals surface area contributed by atoms with Gasteiger partial charge in [-0.25, -0.2) is 4.68 Å². The van der Waals surface area contributed by atoms with Crippen molar-refractivity contribution in [1.82, 2.24) is 14.7 Å². The van der Waals surface area contributed by atoms with Crippen LogP contribution in [0.3, 0.4) is 0 Å². The number of nitrogens with one attached hydrogen (secondary N) is 1. The van der Waals surface area contributed by atoms with E-state index in [0.717, 1.165) is 25.2 Å². The second kappa shape index (κ2) is 7.01. The fourth-order valence-electron chi connectivity index (χ4n) is 3.71. The molecule has 2 heterocycles. The van der Waals surface area contributed by atoms with Crippen molar-refractivity contribution in [2.45, 2.75) is 51.6 Å². The fraction of sp³-hybridized carbons (Fsp3) is 0.765. The van der Waals surface area contributed by atoms with Gasteiger partial charge in [0.05, 0.1) is 25.4 Å². The van der Waals surface area contributed by atoms with E-state index in [1.165, 1.54) is 12.8 Å². The van der Waals surface area contributed by atoms with Crippen LogP contribution in [0.25, 0.3) is 0 Å². The number of anilines is 1. The van der Waals surface area contributed by atoms with E-state index in [2.05, 4.69) is 29.2 Å². The van der Waals surface area contributed by atoms with Gasteiger partial charge in [-0.2, -0.15) is 5.10 Å². The number of carbonyl (C=O) groups excluding carboxylic acids is 1. The van der Waals surface area contributed by atoms with Crippen molar-refractivity contribution in [2.75, 3.05) is 25.0 Å². The summed E-state index contributed by atoms with van der Waals surface area (Å²) in [7, 11) is 0. The van der Waals surface area contributed by atoms with E-state index < -0.39 is 0 Å². The van der Waals surface area contributed by atoms with Crippen LogP contribution >= 0.6 is 0 Å². The first kappa shape index (κ1) is 16.5.